The SMILES string of the molecule is CI.CI.CN(C)CCCSc1ccc(C(=O)OCCN(C)C)cc1. The van der Waals surface area contributed by atoms with E-state index in [0.717, 1.165) is 25.3 Å². The largest absolute Gasteiger partial charge is 0.461 e. The van der Waals surface area contributed by atoms with Crippen LogP contribution in [0.15, 0.2) is 29.2 Å². The Hall–Kier alpha value is 0.420. The van der Waals surface area contributed by atoms with Gasteiger partial charge in [-0.1, -0.05) is 45.2 Å². The zero-order valence-corrected chi connectivity index (χ0v) is 21.4. The quantitative estimate of drug-likeness (QED) is 0.138. The van der Waals surface area contributed by atoms with Gasteiger partial charge in [0.2, 0.25) is 0 Å². The lowest BCUT2D eigenvalue weighted by Gasteiger charge is -2.10. The second-order valence-electron chi connectivity index (χ2n) is 5.47. The number of nitrogens with zero attached hydrogens (tertiary/aromatic N) is 2. The molecular formula is C18H32I2N2O2S. The number of carbonyl (C=O) groups excluding carboxylic acids is 1. The number of benzene rings is 1. The molecule has 25 heavy (non-hydrogen) atoms. The molecule has 0 spiro atoms. The highest BCUT2D eigenvalue weighted by molar-refractivity contribution is 14.1. The first-order chi connectivity index (χ1) is 12.0. The Bertz CT molecular complexity index is 430. The average molecular weight is 594 g/mol. The Morgan fingerprint density at radius 3 is 1.96 bits per heavy atom. The summed E-state index contributed by atoms with van der Waals surface area (Å²) in [6.45, 7) is 2.27. The van der Waals surface area contributed by atoms with Gasteiger partial charge in [-0.3, -0.25) is 0 Å². The van der Waals surface area contributed by atoms with Crippen molar-refractivity contribution in [2.24, 2.45) is 0 Å². The minimum atomic E-state index is -0.249. The van der Waals surface area contributed by atoms with Crippen molar-refractivity contribution in [1.29, 1.82) is 0 Å². The van der Waals surface area contributed by atoms with Crippen LogP contribution in [0.5, 0.6) is 0 Å². The fourth-order valence-electron chi connectivity index (χ4n) is 1.66. The smallest absolute Gasteiger partial charge is 0.338 e. The van der Waals surface area contributed by atoms with E-state index in [1.54, 1.807) is 0 Å². The molecule has 0 aliphatic heterocycles. The van der Waals surface area contributed by atoms with E-state index in [9.17, 15) is 4.79 Å². The minimum Gasteiger partial charge on any atom is -0.461 e. The van der Waals surface area contributed by atoms with Crippen molar-refractivity contribution in [2.75, 3.05) is 63.5 Å². The molecule has 146 valence electrons. The summed E-state index contributed by atoms with van der Waals surface area (Å²) in [5.74, 6) is 0.839. The summed E-state index contributed by atoms with van der Waals surface area (Å²) >= 11 is 6.12. The van der Waals surface area contributed by atoms with Gasteiger partial charge in [-0.15, -0.1) is 11.8 Å². The minimum absolute atomic E-state index is 0.249. The number of hydrogen-bond acceptors (Lipinski definition) is 5. The number of likely N-dealkylation sites (N-methyl/N-ethyl adjacent to an activating group) is 1. The number of esters is 1. The number of hydrogen-bond donors (Lipinski definition) is 0. The molecule has 0 atom stereocenters. The van der Waals surface area contributed by atoms with Crippen molar-refractivity contribution >= 4 is 62.9 Å². The van der Waals surface area contributed by atoms with Crippen molar-refractivity contribution in [3.63, 3.8) is 0 Å². The number of rotatable bonds is 9. The molecule has 0 aromatic heterocycles. The second-order valence-corrected chi connectivity index (χ2v) is 6.64. The summed E-state index contributed by atoms with van der Waals surface area (Å²) in [5.41, 5.74) is 0.617. The van der Waals surface area contributed by atoms with Crippen LogP contribution in [0.4, 0.5) is 0 Å². The van der Waals surface area contributed by atoms with Gasteiger partial charge in [0.1, 0.15) is 6.61 Å². The van der Waals surface area contributed by atoms with Gasteiger partial charge >= 0.3 is 5.97 Å². The Labute approximate surface area is 185 Å². The molecule has 7 heteroatoms. The molecular weight excluding hydrogens is 562 g/mol. The van der Waals surface area contributed by atoms with E-state index in [4.69, 9.17) is 4.74 Å². The van der Waals surface area contributed by atoms with Crippen LogP contribution in [-0.2, 0) is 4.74 Å². The van der Waals surface area contributed by atoms with Gasteiger partial charge in [0.15, 0.2) is 0 Å². The lowest BCUT2D eigenvalue weighted by atomic mass is 10.2. The third-order valence-electron chi connectivity index (χ3n) is 2.88. The first-order valence-electron chi connectivity index (χ1n) is 7.94. The second kappa shape index (κ2) is 19.2. The molecule has 1 aromatic rings. The Balaban J connectivity index is 0. The number of thioether (sulfide) groups is 1. The fraction of sp³-hybridized carbons (Fsp3) is 0.611. The lowest BCUT2D eigenvalue weighted by molar-refractivity contribution is 0.0482. The zero-order valence-electron chi connectivity index (χ0n) is 16.2. The topological polar surface area (TPSA) is 32.8 Å². The maximum absolute atomic E-state index is 11.8. The maximum Gasteiger partial charge on any atom is 0.338 e. The molecule has 1 aromatic carbocycles. The number of carbonyl (C=O) groups is 1. The first kappa shape index (κ1) is 27.6. The third-order valence-corrected chi connectivity index (χ3v) is 3.98. The van der Waals surface area contributed by atoms with Crippen molar-refractivity contribution in [3.05, 3.63) is 29.8 Å². The molecule has 0 unspecified atom stereocenters. The normalized spacial score (nSPS) is 9.84. The molecule has 0 N–H and O–H groups in total. The van der Waals surface area contributed by atoms with Crippen molar-refractivity contribution in [1.82, 2.24) is 9.80 Å². The van der Waals surface area contributed by atoms with Gasteiger partial charge in [-0.05, 0) is 81.0 Å². The molecule has 0 aliphatic rings. The van der Waals surface area contributed by atoms with Crippen LogP contribution >= 0.6 is 56.9 Å². The maximum atomic E-state index is 11.8. The van der Waals surface area contributed by atoms with Crippen LogP contribution in [-0.4, -0.2) is 79.3 Å². The predicted octanol–water partition coefficient (Wildman–Crippen LogP) is 4.55. The van der Waals surface area contributed by atoms with Gasteiger partial charge < -0.3 is 14.5 Å². The summed E-state index contributed by atoms with van der Waals surface area (Å²) in [4.78, 5) is 21.1. The highest BCUT2D eigenvalue weighted by Crippen LogP contribution is 2.19. The van der Waals surface area contributed by atoms with Gasteiger partial charge in [0.05, 0.1) is 5.56 Å². The standard InChI is InChI=1S/C16H26N2O2S.2CH3I/c1-17(2)10-5-13-21-15-8-6-14(7-9-15)16(19)20-12-11-18(3)4;2*1-2/h6-9H,5,10-13H2,1-4H3;2*1H3. The number of halogens is 2. The van der Waals surface area contributed by atoms with E-state index < -0.39 is 0 Å². The molecule has 0 bridgehead atoms. The van der Waals surface area contributed by atoms with Crippen molar-refractivity contribution in [2.45, 2.75) is 11.3 Å². The molecule has 0 amide bonds. The van der Waals surface area contributed by atoms with E-state index >= 15 is 0 Å². The molecule has 0 heterocycles. The van der Waals surface area contributed by atoms with E-state index in [-0.39, 0.29) is 5.97 Å². The lowest BCUT2D eigenvalue weighted by Crippen LogP contribution is -2.20. The molecule has 0 saturated heterocycles. The number of ether oxygens (including phenoxy) is 1. The van der Waals surface area contributed by atoms with Crippen LogP contribution in [0.3, 0.4) is 0 Å². The van der Waals surface area contributed by atoms with Gasteiger partial charge in [-0.2, -0.15) is 0 Å². The monoisotopic (exact) mass is 594 g/mol. The summed E-state index contributed by atoms with van der Waals surface area (Å²) in [6, 6.07) is 7.66. The van der Waals surface area contributed by atoms with Crippen LogP contribution < -0.4 is 0 Å². The van der Waals surface area contributed by atoms with E-state index in [1.165, 1.54) is 4.90 Å². The molecule has 0 aliphatic carbocycles. The van der Waals surface area contributed by atoms with Crippen LogP contribution in [0.2, 0.25) is 0 Å². The Kier molecular flexibility index (Phi) is 21.2. The summed E-state index contributed by atoms with van der Waals surface area (Å²) in [5, 5.41) is 0. The molecule has 4 nitrogen and oxygen atoms in total. The highest BCUT2D eigenvalue weighted by Gasteiger charge is 2.07. The molecule has 1 rings (SSSR count). The summed E-state index contributed by atoms with van der Waals surface area (Å²) in [7, 11) is 8.08. The predicted molar refractivity (Wildman–Crippen MR) is 129 cm³/mol. The van der Waals surface area contributed by atoms with Crippen LogP contribution in [0.25, 0.3) is 0 Å². The van der Waals surface area contributed by atoms with Gasteiger partial charge in [-0.25, -0.2) is 4.79 Å². The molecule has 0 saturated carbocycles. The fourth-order valence-corrected chi connectivity index (χ4v) is 2.50. The Morgan fingerprint density at radius 2 is 1.48 bits per heavy atom. The average Bonchev–Trinajstić information content (AvgIpc) is 2.62. The van der Waals surface area contributed by atoms with E-state index in [0.29, 0.717) is 12.2 Å². The first-order valence-corrected chi connectivity index (χ1v) is 13.2. The Morgan fingerprint density at radius 1 is 0.960 bits per heavy atom. The third kappa shape index (κ3) is 16.3. The van der Waals surface area contributed by atoms with Crippen molar-refractivity contribution < 1.29 is 9.53 Å². The van der Waals surface area contributed by atoms with Gasteiger partial charge in [0.25, 0.3) is 0 Å². The summed E-state index contributed by atoms with van der Waals surface area (Å²) < 4.78 is 5.21. The van der Waals surface area contributed by atoms with Crippen LogP contribution in [0, 0.1) is 0 Å². The van der Waals surface area contributed by atoms with Crippen molar-refractivity contribution in [3.8, 4) is 0 Å². The molecule has 0 fully saturated rings. The van der Waals surface area contributed by atoms with E-state index in [2.05, 4.69) is 64.2 Å². The molecule has 0 radical (unpaired) electrons. The summed E-state index contributed by atoms with van der Waals surface area (Å²) in [6.07, 6.45) is 1.16. The van der Waals surface area contributed by atoms with Crippen LogP contribution in [0.1, 0.15) is 16.8 Å². The number of alkyl halides is 2. The zero-order chi connectivity index (χ0) is 19.7. The van der Waals surface area contributed by atoms with E-state index in [1.807, 2.05) is 64.9 Å². The van der Waals surface area contributed by atoms with Gasteiger partial charge in [0, 0.05) is 11.4 Å². The highest BCUT2D eigenvalue weighted by atomic mass is 127.